The van der Waals surface area contributed by atoms with E-state index in [1.807, 2.05) is 20.8 Å². The SMILES string of the molecule is CCNC(=NCCCOCC(C)C)N1CCC(NC(=O)OC(C)(C)C)C1.I. The lowest BCUT2D eigenvalue weighted by molar-refractivity contribution is 0.0507. The molecule has 8 heteroatoms. The fourth-order valence-corrected chi connectivity index (χ4v) is 2.64. The molecule has 0 saturated carbocycles. The summed E-state index contributed by atoms with van der Waals surface area (Å²) < 4.78 is 10.9. The van der Waals surface area contributed by atoms with Crippen molar-refractivity contribution in [2.24, 2.45) is 10.9 Å². The van der Waals surface area contributed by atoms with Crippen LogP contribution in [-0.2, 0) is 9.47 Å². The summed E-state index contributed by atoms with van der Waals surface area (Å²) >= 11 is 0. The zero-order chi connectivity index (χ0) is 19.6. The quantitative estimate of drug-likeness (QED) is 0.233. The van der Waals surface area contributed by atoms with E-state index < -0.39 is 5.60 Å². The van der Waals surface area contributed by atoms with Gasteiger partial charge in [-0.1, -0.05) is 13.8 Å². The second-order valence-corrected chi connectivity index (χ2v) is 8.14. The van der Waals surface area contributed by atoms with Crippen molar-refractivity contribution < 1.29 is 14.3 Å². The van der Waals surface area contributed by atoms with Crippen molar-refractivity contribution in [3.63, 3.8) is 0 Å². The van der Waals surface area contributed by atoms with E-state index in [2.05, 4.69) is 36.3 Å². The molecule has 1 rings (SSSR count). The first-order chi connectivity index (χ1) is 12.2. The van der Waals surface area contributed by atoms with Crippen LogP contribution in [0, 0.1) is 5.92 Å². The van der Waals surface area contributed by atoms with Gasteiger partial charge in [-0.05, 0) is 46.5 Å². The van der Waals surface area contributed by atoms with E-state index in [0.29, 0.717) is 5.92 Å². The molecule has 1 aliphatic rings. The largest absolute Gasteiger partial charge is 0.444 e. The molecular weight excluding hydrogens is 459 g/mol. The Labute approximate surface area is 182 Å². The van der Waals surface area contributed by atoms with Crippen molar-refractivity contribution in [2.45, 2.75) is 66.0 Å². The second-order valence-electron chi connectivity index (χ2n) is 8.14. The Morgan fingerprint density at radius 1 is 1.33 bits per heavy atom. The van der Waals surface area contributed by atoms with Crippen LogP contribution in [0.5, 0.6) is 0 Å². The number of hydrogen-bond donors (Lipinski definition) is 2. The molecule has 0 radical (unpaired) electrons. The minimum absolute atomic E-state index is 0. The van der Waals surface area contributed by atoms with Gasteiger partial charge >= 0.3 is 6.09 Å². The highest BCUT2D eigenvalue weighted by molar-refractivity contribution is 14.0. The van der Waals surface area contributed by atoms with Gasteiger partial charge in [0.15, 0.2) is 5.96 Å². The number of hydrogen-bond acceptors (Lipinski definition) is 4. The van der Waals surface area contributed by atoms with Crippen LogP contribution in [0.15, 0.2) is 4.99 Å². The van der Waals surface area contributed by atoms with Crippen molar-refractivity contribution in [1.82, 2.24) is 15.5 Å². The Bertz CT molecular complexity index is 453. The maximum absolute atomic E-state index is 11.9. The number of carbonyl (C=O) groups excluding carboxylic acids is 1. The molecule has 27 heavy (non-hydrogen) atoms. The van der Waals surface area contributed by atoms with E-state index in [9.17, 15) is 4.79 Å². The summed E-state index contributed by atoms with van der Waals surface area (Å²) in [5, 5.41) is 6.29. The maximum Gasteiger partial charge on any atom is 0.407 e. The van der Waals surface area contributed by atoms with E-state index >= 15 is 0 Å². The Morgan fingerprint density at radius 2 is 2.04 bits per heavy atom. The Balaban J connectivity index is 0.00000676. The summed E-state index contributed by atoms with van der Waals surface area (Å²) in [5.41, 5.74) is -0.476. The number of guanidine groups is 1. The number of ether oxygens (including phenoxy) is 2. The molecule has 1 saturated heterocycles. The minimum Gasteiger partial charge on any atom is -0.444 e. The van der Waals surface area contributed by atoms with Crippen molar-refractivity contribution >= 4 is 36.0 Å². The number of alkyl carbamates (subject to hydrolysis) is 1. The van der Waals surface area contributed by atoms with Crippen molar-refractivity contribution in [1.29, 1.82) is 0 Å². The first-order valence-electron chi connectivity index (χ1n) is 9.81. The maximum atomic E-state index is 11.9. The molecule has 7 nitrogen and oxygen atoms in total. The third-order valence-electron chi connectivity index (χ3n) is 3.70. The number of likely N-dealkylation sites (tertiary alicyclic amines) is 1. The topological polar surface area (TPSA) is 75.2 Å². The average Bonchev–Trinajstić information content (AvgIpc) is 2.95. The van der Waals surface area contributed by atoms with Crippen LogP contribution in [0.2, 0.25) is 0 Å². The fourth-order valence-electron chi connectivity index (χ4n) is 2.64. The van der Waals surface area contributed by atoms with Crippen molar-refractivity contribution in [3.05, 3.63) is 0 Å². The average molecular weight is 498 g/mol. The molecule has 160 valence electrons. The fraction of sp³-hybridized carbons (Fsp3) is 0.895. The summed E-state index contributed by atoms with van der Waals surface area (Å²) in [4.78, 5) is 18.8. The predicted molar refractivity (Wildman–Crippen MR) is 121 cm³/mol. The molecule has 0 aromatic heterocycles. The standard InChI is InChI=1S/C19H38N4O3.HI/c1-7-20-17(21-10-8-12-25-14-15(2)3)23-11-9-16(13-23)22-18(24)26-19(4,5)6;/h15-16H,7-14H2,1-6H3,(H,20,21)(H,22,24);1H. The van der Waals surface area contributed by atoms with Crippen LogP contribution in [0.3, 0.4) is 0 Å². The Kier molecular flexibility index (Phi) is 13.0. The summed E-state index contributed by atoms with van der Waals surface area (Å²) in [6.45, 7) is 16.7. The Hall–Kier alpha value is -0.770. The molecule has 1 heterocycles. The summed E-state index contributed by atoms with van der Waals surface area (Å²) in [6, 6.07) is 0.0862. The molecule has 0 bridgehead atoms. The van der Waals surface area contributed by atoms with Crippen LogP contribution in [0.25, 0.3) is 0 Å². The first-order valence-corrected chi connectivity index (χ1v) is 9.81. The van der Waals surface area contributed by atoms with Crippen LogP contribution >= 0.6 is 24.0 Å². The number of amides is 1. The summed E-state index contributed by atoms with van der Waals surface area (Å²) in [6.07, 6.45) is 1.45. The lowest BCUT2D eigenvalue weighted by Crippen LogP contribution is -2.44. The van der Waals surface area contributed by atoms with Crippen LogP contribution in [0.1, 0.15) is 54.4 Å². The van der Waals surface area contributed by atoms with E-state index in [4.69, 9.17) is 14.5 Å². The third-order valence-corrected chi connectivity index (χ3v) is 3.70. The van der Waals surface area contributed by atoms with Gasteiger partial charge in [0.1, 0.15) is 5.60 Å². The van der Waals surface area contributed by atoms with Gasteiger partial charge in [-0.3, -0.25) is 4.99 Å². The van der Waals surface area contributed by atoms with Gasteiger partial charge in [-0.15, -0.1) is 24.0 Å². The van der Waals surface area contributed by atoms with Gasteiger partial charge in [-0.25, -0.2) is 4.79 Å². The zero-order valence-electron chi connectivity index (χ0n) is 17.8. The monoisotopic (exact) mass is 498 g/mol. The molecule has 0 aliphatic carbocycles. The lowest BCUT2D eigenvalue weighted by Gasteiger charge is -2.23. The van der Waals surface area contributed by atoms with Crippen molar-refractivity contribution in [2.75, 3.05) is 39.4 Å². The minimum atomic E-state index is -0.476. The Morgan fingerprint density at radius 3 is 2.63 bits per heavy atom. The van der Waals surface area contributed by atoms with Crippen LogP contribution < -0.4 is 10.6 Å². The highest BCUT2D eigenvalue weighted by Gasteiger charge is 2.27. The summed E-state index contributed by atoms with van der Waals surface area (Å²) in [7, 11) is 0. The van der Waals surface area contributed by atoms with Crippen LogP contribution in [0.4, 0.5) is 4.79 Å². The number of nitrogens with zero attached hydrogens (tertiary/aromatic N) is 2. The van der Waals surface area contributed by atoms with Gasteiger partial charge in [0.05, 0.1) is 6.04 Å². The highest BCUT2D eigenvalue weighted by atomic mass is 127. The van der Waals surface area contributed by atoms with Crippen molar-refractivity contribution in [3.8, 4) is 0 Å². The smallest absolute Gasteiger partial charge is 0.407 e. The van der Waals surface area contributed by atoms with Gasteiger partial charge in [-0.2, -0.15) is 0 Å². The van der Waals surface area contributed by atoms with Crippen LogP contribution in [-0.4, -0.2) is 68.0 Å². The second kappa shape index (κ2) is 13.4. The zero-order valence-corrected chi connectivity index (χ0v) is 20.2. The summed E-state index contributed by atoms with van der Waals surface area (Å²) in [5.74, 6) is 1.47. The molecule has 0 aromatic rings. The van der Waals surface area contributed by atoms with Gasteiger partial charge in [0.25, 0.3) is 0 Å². The molecule has 2 N–H and O–H groups in total. The highest BCUT2D eigenvalue weighted by Crippen LogP contribution is 2.12. The predicted octanol–water partition coefficient (Wildman–Crippen LogP) is 3.23. The number of nitrogens with one attached hydrogen (secondary N) is 2. The van der Waals surface area contributed by atoms with E-state index in [1.165, 1.54) is 0 Å². The van der Waals surface area contributed by atoms with E-state index in [-0.39, 0.29) is 36.1 Å². The molecule has 1 amide bonds. The molecule has 1 fully saturated rings. The number of aliphatic imine (C=N–C) groups is 1. The normalized spacial score (nSPS) is 17.7. The third kappa shape index (κ3) is 12.3. The van der Waals surface area contributed by atoms with Gasteiger partial charge in [0, 0.05) is 39.4 Å². The van der Waals surface area contributed by atoms with Gasteiger partial charge in [0.2, 0.25) is 0 Å². The molecular formula is C19H39IN4O3. The molecule has 0 spiro atoms. The van der Waals surface area contributed by atoms with E-state index in [0.717, 1.165) is 58.2 Å². The molecule has 1 atom stereocenters. The molecule has 0 aromatic carbocycles. The number of rotatable bonds is 8. The lowest BCUT2D eigenvalue weighted by atomic mass is 10.2. The first kappa shape index (κ1) is 26.2. The molecule has 1 unspecified atom stereocenters. The number of carbonyl (C=O) groups is 1. The number of halogens is 1. The molecule has 1 aliphatic heterocycles. The van der Waals surface area contributed by atoms with E-state index in [1.54, 1.807) is 0 Å². The van der Waals surface area contributed by atoms with Gasteiger partial charge < -0.3 is 25.0 Å².